The van der Waals surface area contributed by atoms with Gasteiger partial charge in [-0.15, -0.1) is 0 Å². The van der Waals surface area contributed by atoms with Gasteiger partial charge in [-0.1, -0.05) is 42.5 Å². The number of fused-ring (bicyclic) bond motifs is 1. The first-order valence-electron chi connectivity index (χ1n) is 6.95. The molecule has 1 aliphatic heterocycles. The summed E-state index contributed by atoms with van der Waals surface area (Å²) in [5.41, 5.74) is 2.48. The molecular weight excluding hydrogens is 250 g/mol. The fourth-order valence-corrected chi connectivity index (χ4v) is 2.61. The largest absolute Gasteiger partial charge is 0.493 e. The van der Waals surface area contributed by atoms with Gasteiger partial charge in [-0.25, -0.2) is 0 Å². The van der Waals surface area contributed by atoms with Crippen LogP contribution in [0.1, 0.15) is 23.6 Å². The molecule has 3 nitrogen and oxygen atoms in total. The lowest BCUT2D eigenvalue weighted by molar-refractivity contribution is 0.239. The normalized spacial score (nSPS) is 17.1. The van der Waals surface area contributed by atoms with Crippen molar-refractivity contribution in [2.24, 2.45) is 0 Å². The summed E-state index contributed by atoms with van der Waals surface area (Å²) in [7, 11) is 1.68. The second kappa shape index (κ2) is 5.97. The van der Waals surface area contributed by atoms with Crippen LogP contribution in [0.3, 0.4) is 0 Å². The molecule has 3 rings (SSSR count). The highest BCUT2D eigenvalue weighted by Crippen LogP contribution is 2.39. The molecule has 1 N–H and O–H groups in total. The van der Waals surface area contributed by atoms with E-state index in [9.17, 15) is 0 Å². The Labute approximate surface area is 119 Å². The molecule has 0 amide bonds. The highest BCUT2D eigenvalue weighted by atomic mass is 16.5. The van der Waals surface area contributed by atoms with Crippen molar-refractivity contribution in [2.75, 3.05) is 13.7 Å². The molecule has 1 aliphatic rings. The Bertz CT molecular complexity index is 568. The maximum absolute atomic E-state index is 5.76. The van der Waals surface area contributed by atoms with Crippen LogP contribution < -0.4 is 14.8 Å². The summed E-state index contributed by atoms with van der Waals surface area (Å²) < 4.78 is 11.1. The van der Waals surface area contributed by atoms with Crippen LogP contribution in [0.5, 0.6) is 11.5 Å². The third-order valence-corrected chi connectivity index (χ3v) is 3.65. The van der Waals surface area contributed by atoms with Crippen molar-refractivity contribution in [1.29, 1.82) is 0 Å². The van der Waals surface area contributed by atoms with E-state index in [-0.39, 0.29) is 0 Å². The third-order valence-electron chi connectivity index (χ3n) is 3.65. The second-order valence-electron chi connectivity index (χ2n) is 4.93. The maximum atomic E-state index is 5.76. The summed E-state index contributed by atoms with van der Waals surface area (Å²) in [5, 5.41) is 3.61. The number of para-hydroxylation sites is 1. The van der Waals surface area contributed by atoms with Gasteiger partial charge in [0.2, 0.25) is 0 Å². The van der Waals surface area contributed by atoms with E-state index < -0.39 is 0 Å². The summed E-state index contributed by atoms with van der Waals surface area (Å²) in [6.45, 7) is 1.59. The van der Waals surface area contributed by atoms with Crippen molar-refractivity contribution in [1.82, 2.24) is 5.32 Å². The van der Waals surface area contributed by atoms with E-state index in [1.54, 1.807) is 7.11 Å². The summed E-state index contributed by atoms with van der Waals surface area (Å²) in [4.78, 5) is 0. The maximum Gasteiger partial charge on any atom is 0.165 e. The molecule has 0 bridgehead atoms. The van der Waals surface area contributed by atoms with Gasteiger partial charge in [-0.3, -0.25) is 0 Å². The van der Waals surface area contributed by atoms with Crippen molar-refractivity contribution < 1.29 is 9.47 Å². The lowest BCUT2D eigenvalue weighted by Crippen LogP contribution is -2.27. The summed E-state index contributed by atoms with van der Waals surface area (Å²) in [5.74, 6) is 1.69. The van der Waals surface area contributed by atoms with Crippen molar-refractivity contribution in [3.05, 3.63) is 59.7 Å². The van der Waals surface area contributed by atoms with E-state index in [4.69, 9.17) is 9.47 Å². The Hall–Kier alpha value is -2.00. The van der Waals surface area contributed by atoms with Crippen LogP contribution in [0.25, 0.3) is 0 Å². The van der Waals surface area contributed by atoms with Gasteiger partial charge < -0.3 is 14.8 Å². The molecule has 20 heavy (non-hydrogen) atoms. The fourth-order valence-electron chi connectivity index (χ4n) is 2.61. The predicted molar refractivity (Wildman–Crippen MR) is 79.1 cm³/mol. The first kappa shape index (κ1) is 13.0. The first-order valence-corrected chi connectivity index (χ1v) is 6.95. The molecule has 1 heterocycles. The van der Waals surface area contributed by atoms with Crippen molar-refractivity contribution >= 4 is 0 Å². The number of hydrogen-bond donors (Lipinski definition) is 1. The Morgan fingerprint density at radius 3 is 2.80 bits per heavy atom. The van der Waals surface area contributed by atoms with E-state index in [2.05, 4.69) is 35.6 Å². The molecule has 0 aromatic heterocycles. The molecule has 0 saturated carbocycles. The van der Waals surface area contributed by atoms with Crippen LogP contribution in [-0.4, -0.2) is 13.7 Å². The highest BCUT2D eigenvalue weighted by Gasteiger charge is 2.23. The average Bonchev–Trinajstić information content (AvgIpc) is 2.53. The van der Waals surface area contributed by atoms with Crippen LogP contribution in [0, 0.1) is 0 Å². The standard InChI is InChI=1S/C17H19NO2/c1-19-16-9-5-8-14-15(10-11-20-17(14)16)18-12-13-6-3-2-4-7-13/h2-9,15,18H,10-12H2,1H3. The van der Waals surface area contributed by atoms with E-state index in [0.717, 1.165) is 31.1 Å². The summed E-state index contributed by atoms with van der Waals surface area (Å²) >= 11 is 0. The van der Waals surface area contributed by atoms with Crippen LogP contribution >= 0.6 is 0 Å². The Balaban J connectivity index is 1.77. The van der Waals surface area contributed by atoms with Gasteiger partial charge in [-0.2, -0.15) is 0 Å². The smallest absolute Gasteiger partial charge is 0.165 e. The number of nitrogens with one attached hydrogen (secondary N) is 1. The molecule has 0 fully saturated rings. The van der Waals surface area contributed by atoms with E-state index in [0.29, 0.717) is 6.04 Å². The molecule has 1 atom stereocenters. The van der Waals surface area contributed by atoms with Crippen molar-refractivity contribution in [2.45, 2.75) is 19.0 Å². The SMILES string of the molecule is COc1cccc2c1OCCC2NCc1ccccc1. The van der Waals surface area contributed by atoms with Crippen LogP contribution in [0.15, 0.2) is 48.5 Å². The van der Waals surface area contributed by atoms with Gasteiger partial charge in [0, 0.05) is 24.6 Å². The minimum atomic E-state index is 0.314. The summed E-state index contributed by atoms with van der Waals surface area (Å²) in [6, 6.07) is 16.8. The molecule has 0 spiro atoms. The van der Waals surface area contributed by atoms with Gasteiger partial charge in [0.15, 0.2) is 11.5 Å². The highest BCUT2D eigenvalue weighted by molar-refractivity contribution is 5.49. The van der Waals surface area contributed by atoms with Gasteiger partial charge in [0.1, 0.15) is 0 Å². The first-order chi connectivity index (χ1) is 9.88. The molecule has 0 radical (unpaired) electrons. The number of rotatable bonds is 4. The zero-order valence-corrected chi connectivity index (χ0v) is 11.6. The molecule has 2 aromatic rings. The van der Waals surface area contributed by atoms with Crippen LogP contribution in [0.2, 0.25) is 0 Å². The number of hydrogen-bond acceptors (Lipinski definition) is 3. The molecule has 1 unspecified atom stereocenters. The second-order valence-corrected chi connectivity index (χ2v) is 4.93. The van der Waals surface area contributed by atoms with Crippen molar-refractivity contribution in [3.8, 4) is 11.5 Å². The van der Waals surface area contributed by atoms with E-state index in [1.165, 1.54) is 11.1 Å². The van der Waals surface area contributed by atoms with E-state index in [1.807, 2.05) is 18.2 Å². The molecular formula is C17H19NO2. The van der Waals surface area contributed by atoms with Gasteiger partial charge in [0.05, 0.1) is 13.7 Å². The van der Waals surface area contributed by atoms with E-state index >= 15 is 0 Å². The Kier molecular flexibility index (Phi) is 3.88. The minimum absolute atomic E-state index is 0.314. The van der Waals surface area contributed by atoms with Gasteiger partial charge >= 0.3 is 0 Å². The Morgan fingerprint density at radius 2 is 2.00 bits per heavy atom. The van der Waals surface area contributed by atoms with Crippen molar-refractivity contribution in [3.63, 3.8) is 0 Å². The topological polar surface area (TPSA) is 30.5 Å². The number of methoxy groups -OCH3 is 1. The monoisotopic (exact) mass is 269 g/mol. The zero-order valence-electron chi connectivity index (χ0n) is 11.6. The zero-order chi connectivity index (χ0) is 13.8. The molecule has 104 valence electrons. The fraction of sp³-hybridized carbons (Fsp3) is 0.294. The molecule has 0 aliphatic carbocycles. The van der Waals surface area contributed by atoms with Gasteiger partial charge in [0.25, 0.3) is 0 Å². The lowest BCUT2D eigenvalue weighted by atomic mass is 9.99. The summed E-state index contributed by atoms with van der Waals surface area (Å²) in [6.07, 6.45) is 0.979. The lowest BCUT2D eigenvalue weighted by Gasteiger charge is -2.28. The minimum Gasteiger partial charge on any atom is -0.493 e. The molecule has 3 heteroatoms. The molecule has 2 aromatic carbocycles. The predicted octanol–water partition coefficient (Wildman–Crippen LogP) is 3.31. The third kappa shape index (κ3) is 2.63. The van der Waals surface area contributed by atoms with Gasteiger partial charge in [-0.05, 0) is 11.6 Å². The number of ether oxygens (including phenoxy) is 2. The van der Waals surface area contributed by atoms with Crippen LogP contribution in [-0.2, 0) is 6.54 Å². The van der Waals surface area contributed by atoms with Crippen LogP contribution in [0.4, 0.5) is 0 Å². The average molecular weight is 269 g/mol. The quantitative estimate of drug-likeness (QED) is 0.923. The molecule has 0 saturated heterocycles. The Morgan fingerprint density at radius 1 is 1.15 bits per heavy atom. The number of benzene rings is 2.